The molecule has 0 spiro atoms. The highest BCUT2D eigenvalue weighted by atomic mass is 32.1. The first-order valence-electron chi connectivity index (χ1n) is 6.82. The summed E-state index contributed by atoms with van der Waals surface area (Å²) in [7, 11) is 0. The van der Waals surface area contributed by atoms with Crippen molar-refractivity contribution < 1.29 is 4.79 Å². The van der Waals surface area contributed by atoms with Crippen molar-refractivity contribution in [2.45, 2.75) is 6.92 Å². The van der Waals surface area contributed by atoms with Gasteiger partial charge in [-0.3, -0.25) is 4.79 Å². The standard InChI is InChI=1S/C17H15N3OS/c1-11-8-9-13(16(18)19-11)17(21)20-14-6-3-2-5-12(14)15-7-4-10-22-15/h2-10H,1H3,(H2,18,19)(H,20,21). The van der Waals surface area contributed by atoms with Crippen LogP contribution in [0.1, 0.15) is 16.1 Å². The fourth-order valence-electron chi connectivity index (χ4n) is 2.20. The number of benzene rings is 1. The highest BCUT2D eigenvalue weighted by Gasteiger charge is 2.13. The Morgan fingerprint density at radius 1 is 1.14 bits per heavy atom. The number of anilines is 2. The summed E-state index contributed by atoms with van der Waals surface area (Å²) in [4.78, 5) is 17.7. The zero-order valence-electron chi connectivity index (χ0n) is 12.0. The molecule has 3 N–H and O–H groups in total. The number of aryl methyl sites for hydroxylation is 1. The molecule has 0 bridgehead atoms. The first kappa shape index (κ1) is 14.3. The first-order chi connectivity index (χ1) is 10.6. The average Bonchev–Trinajstić information content (AvgIpc) is 3.01. The first-order valence-corrected chi connectivity index (χ1v) is 7.70. The van der Waals surface area contributed by atoms with Gasteiger partial charge in [0.05, 0.1) is 5.56 Å². The molecule has 3 rings (SSSR count). The van der Waals surface area contributed by atoms with Gasteiger partial charge in [-0.2, -0.15) is 0 Å². The molecule has 0 atom stereocenters. The summed E-state index contributed by atoms with van der Waals surface area (Å²) < 4.78 is 0. The topological polar surface area (TPSA) is 68.0 Å². The predicted octanol–water partition coefficient (Wildman–Crippen LogP) is 3.95. The molecule has 5 heteroatoms. The van der Waals surface area contributed by atoms with Gasteiger partial charge in [-0.1, -0.05) is 24.3 Å². The Kier molecular flexibility index (Phi) is 3.89. The zero-order valence-corrected chi connectivity index (χ0v) is 12.9. The van der Waals surface area contributed by atoms with Crippen LogP contribution in [-0.4, -0.2) is 10.9 Å². The summed E-state index contributed by atoms with van der Waals surface area (Å²) in [6.45, 7) is 1.84. The van der Waals surface area contributed by atoms with Crippen molar-refractivity contribution in [3.05, 3.63) is 65.2 Å². The number of carbonyl (C=O) groups is 1. The van der Waals surface area contributed by atoms with E-state index in [1.54, 1.807) is 23.5 Å². The quantitative estimate of drug-likeness (QED) is 0.769. The predicted molar refractivity (Wildman–Crippen MR) is 91.1 cm³/mol. The lowest BCUT2D eigenvalue weighted by molar-refractivity contribution is 0.102. The van der Waals surface area contributed by atoms with Crippen molar-refractivity contribution >= 4 is 28.7 Å². The third-order valence-electron chi connectivity index (χ3n) is 3.27. The van der Waals surface area contributed by atoms with Crippen LogP contribution in [0, 0.1) is 6.92 Å². The lowest BCUT2D eigenvalue weighted by Crippen LogP contribution is -2.15. The molecule has 2 heterocycles. The molecular weight excluding hydrogens is 294 g/mol. The van der Waals surface area contributed by atoms with Crippen molar-refractivity contribution in [3.63, 3.8) is 0 Å². The minimum atomic E-state index is -0.256. The van der Waals surface area contributed by atoms with Crippen LogP contribution in [0.15, 0.2) is 53.9 Å². The second kappa shape index (κ2) is 5.99. The number of carbonyl (C=O) groups excluding carboxylic acids is 1. The van der Waals surface area contributed by atoms with Crippen LogP contribution >= 0.6 is 11.3 Å². The second-order valence-corrected chi connectivity index (χ2v) is 5.81. The summed E-state index contributed by atoms with van der Waals surface area (Å²) in [5.41, 5.74) is 8.75. The van der Waals surface area contributed by atoms with Crippen LogP contribution in [0.3, 0.4) is 0 Å². The third kappa shape index (κ3) is 2.84. The molecular formula is C17H15N3OS. The SMILES string of the molecule is Cc1ccc(C(=O)Nc2ccccc2-c2cccs2)c(N)n1. The number of amides is 1. The van der Waals surface area contributed by atoms with Crippen molar-refractivity contribution in [3.8, 4) is 10.4 Å². The minimum absolute atomic E-state index is 0.242. The van der Waals surface area contributed by atoms with Crippen LogP contribution < -0.4 is 11.1 Å². The number of thiophene rings is 1. The van der Waals surface area contributed by atoms with Gasteiger partial charge in [-0.05, 0) is 36.6 Å². The van der Waals surface area contributed by atoms with E-state index in [-0.39, 0.29) is 11.7 Å². The average molecular weight is 309 g/mol. The largest absolute Gasteiger partial charge is 0.383 e. The fourth-order valence-corrected chi connectivity index (χ4v) is 2.96. The van der Waals surface area contributed by atoms with Crippen LogP contribution in [0.2, 0.25) is 0 Å². The normalized spacial score (nSPS) is 10.4. The molecule has 0 saturated carbocycles. The highest BCUT2D eigenvalue weighted by Crippen LogP contribution is 2.31. The van der Waals surface area contributed by atoms with Gasteiger partial charge in [0.25, 0.3) is 5.91 Å². The number of nitrogens with two attached hydrogens (primary N) is 1. The molecule has 0 aliphatic heterocycles. The Morgan fingerprint density at radius 3 is 2.68 bits per heavy atom. The van der Waals surface area contributed by atoms with E-state index in [0.29, 0.717) is 5.56 Å². The van der Waals surface area contributed by atoms with E-state index in [1.165, 1.54) is 0 Å². The molecule has 0 fully saturated rings. The van der Waals surface area contributed by atoms with Gasteiger partial charge in [0, 0.05) is 21.8 Å². The number of nitrogens with one attached hydrogen (secondary N) is 1. The molecule has 110 valence electrons. The maximum absolute atomic E-state index is 12.4. The van der Waals surface area contributed by atoms with E-state index >= 15 is 0 Å². The van der Waals surface area contributed by atoms with Crippen LogP contribution in [0.5, 0.6) is 0 Å². The zero-order chi connectivity index (χ0) is 15.5. The summed E-state index contributed by atoms with van der Waals surface area (Å²) in [5, 5.41) is 4.93. The maximum atomic E-state index is 12.4. The monoisotopic (exact) mass is 309 g/mol. The number of hydrogen-bond donors (Lipinski definition) is 2. The van der Waals surface area contributed by atoms with Gasteiger partial charge >= 0.3 is 0 Å². The molecule has 0 aliphatic carbocycles. The number of rotatable bonds is 3. The number of hydrogen-bond acceptors (Lipinski definition) is 4. The Morgan fingerprint density at radius 2 is 1.95 bits per heavy atom. The minimum Gasteiger partial charge on any atom is -0.383 e. The summed E-state index contributed by atoms with van der Waals surface area (Å²) in [6, 6.07) is 15.2. The van der Waals surface area contributed by atoms with Gasteiger partial charge in [0.2, 0.25) is 0 Å². The smallest absolute Gasteiger partial charge is 0.259 e. The van der Waals surface area contributed by atoms with Crippen LogP contribution in [0.25, 0.3) is 10.4 Å². The number of para-hydroxylation sites is 1. The Balaban J connectivity index is 1.92. The molecule has 1 amide bonds. The highest BCUT2D eigenvalue weighted by molar-refractivity contribution is 7.13. The van der Waals surface area contributed by atoms with E-state index < -0.39 is 0 Å². The third-order valence-corrected chi connectivity index (χ3v) is 4.17. The Bertz CT molecular complexity index is 813. The van der Waals surface area contributed by atoms with Gasteiger partial charge < -0.3 is 11.1 Å². The van der Waals surface area contributed by atoms with Crippen molar-refractivity contribution in [1.29, 1.82) is 0 Å². The van der Waals surface area contributed by atoms with E-state index in [2.05, 4.69) is 10.3 Å². The van der Waals surface area contributed by atoms with E-state index in [4.69, 9.17) is 5.73 Å². The van der Waals surface area contributed by atoms with Crippen LogP contribution in [-0.2, 0) is 0 Å². The lowest BCUT2D eigenvalue weighted by atomic mass is 10.1. The van der Waals surface area contributed by atoms with Crippen LogP contribution in [0.4, 0.5) is 11.5 Å². The molecule has 0 radical (unpaired) electrons. The van der Waals surface area contributed by atoms with E-state index in [0.717, 1.165) is 21.8 Å². The van der Waals surface area contributed by atoms with Gasteiger partial charge in [0.15, 0.2) is 0 Å². The number of nitrogen functional groups attached to an aromatic ring is 1. The second-order valence-electron chi connectivity index (χ2n) is 4.86. The molecule has 0 saturated heterocycles. The Labute approximate surface area is 132 Å². The molecule has 3 aromatic rings. The summed E-state index contributed by atoms with van der Waals surface area (Å²) >= 11 is 1.63. The number of aromatic nitrogens is 1. The number of nitrogens with zero attached hydrogens (tertiary/aromatic N) is 1. The van der Waals surface area contributed by atoms with E-state index in [9.17, 15) is 4.79 Å². The van der Waals surface area contributed by atoms with Crippen molar-refractivity contribution in [1.82, 2.24) is 4.98 Å². The molecule has 0 aliphatic rings. The van der Waals surface area contributed by atoms with Gasteiger partial charge in [-0.15, -0.1) is 11.3 Å². The Hall–Kier alpha value is -2.66. The van der Waals surface area contributed by atoms with Gasteiger partial charge in [-0.25, -0.2) is 4.98 Å². The maximum Gasteiger partial charge on any atom is 0.259 e. The lowest BCUT2D eigenvalue weighted by Gasteiger charge is -2.11. The molecule has 1 aromatic carbocycles. The molecule has 22 heavy (non-hydrogen) atoms. The van der Waals surface area contributed by atoms with Crippen molar-refractivity contribution in [2.24, 2.45) is 0 Å². The van der Waals surface area contributed by atoms with E-state index in [1.807, 2.05) is 48.7 Å². The summed E-state index contributed by atoms with van der Waals surface area (Å²) in [5.74, 6) is -0.0138. The summed E-state index contributed by atoms with van der Waals surface area (Å²) in [6.07, 6.45) is 0. The molecule has 4 nitrogen and oxygen atoms in total. The molecule has 2 aromatic heterocycles. The number of pyridine rings is 1. The van der Waals surface area contributed by atoms with Gasteiger partial charge in [0.1, 0.15) is 5.82 Å². The molecule has 0 unspecified atom stereocenters. The fraction of sp³-hybridized carbons (Fsp3) is 0.0588. The van der Waals surface area contributed by atoms with Crippen molar-refractivity contribution in [2.75, 3.05) is 11.1 Å².